The van der Waals surface area contributed by atoms with Gasteiger partial charge in [0.05, 0.1) is 22.0 Å². The van der Waals surface area contributed by atoms with E-state index in [1.807, 2.05) is 55.5 Å². The Morgan fingerprint density at radius 2 is 1.70 bits per heavy atom. The van der Waals surface area contributed by atoms with Crippen molar-refractivity contribution in [3.05, 3.63) is 131 Å². The molecule has 2 atom stereocenters. The Morgan fingerprint density at radius 1 is 0.907 bits per heavy atom. The van der Waals surface area contributed by atoms with Gasteiger partial charge in [-0.3, -0.25) is 9.59 Å². The van der Waals surface area contributed by atoms with Crippen molar-refractivity contribution in [1.29, 1.82) is 0 Å². The molecule has 1 aromatic heterocycles. The standard InChI is InChI=1S/C26H18ClFO2.C9H6N2O2/c1-14-17-9-10-19-18-5-3-2-4-16(18)7-8-20(19)24(17)26(30)21(25(14)29)12-15-6-11-23(28)22(27)13-15;12-9(13)6-1-2-8-7(3-6)4-10-5-11-8/h2-11,13-14,21H,12H2,1H3;1-5H,(H,12,13). The lowest BCUT2D eigenvalue weighted by atomic mass is 9.72. The number of carboxylic acid groups (broad SMARTS) is 1. The maximum Gasteiger partial charge on any atom is 0.335 e. The molecule has 1 heterocycles. The molecule has 0 amide bonds. The molecule has 0 bridgehead atoms. The fraction of sp³-hybridized carbons (Fsp3) is 0.114. The number of Topliss-reactive ketones (excluding diaryl/α,β-unsaturated/α-hetero) is 2. The lowest BCUT2D eigenvalue weighted by Crippen LogP contribution is -2.35. The number of carbonyl (C=O) groups excluding carboxylic acids is 2. The van der Waals surface area contributed by atoms with Gasteiger partial charge in [-0.25, -0.2) is 19.2 Å². The Bertz CT molecular complexity index is 2090. The van der Waals surface area contributed by atoms with Crippen LogP contribution in [0, 0.1) is 11.7 Å². The van der Waals surface area contributed by atoms with Crippen LogP contribution in [-0.4, -0.2) is 32.6 Å². The second-order valence-electron chi connectivity index (χ2n) is 10.5. The van der Waals surface area contributed by atoms with Crippen LogP contribution in [0.4, 0.5) is 4.39 Å². The van der Waals surface area contributed by atoms with Crippen LogP contribution >= 0.6 is 11.6 Å². The summed E-state index contributed by atoms with van der Waals surface area (Å²) in [5, 5.41) is 13.5. The van der Waals surface area contributed by atoms with Gasteiger partial charge in [0.1, 0.15) is 12.1 Å². The van der Waals surface area contributed by atoms with E-state index < -0.39 is 17.7 Å². The van der Waals surface area contributed by atoms with Gasteiger partial charge < -0.3 is 5.11 Å². The summed E-state index contributed by atoms with van der Waals surface area (Å²) >= 11 is 5.90. The number of hydrogen-bond donors (Lipinski definition) is 1. The maximum absolute atomic E-state index is 13.6. The maximum atomic E-state index is 13.6. The molecule has 1 aliphatic carbocycles. The molecule has 0 saturated heterocycles. The Morgan fingerprint density at radius 3 is 2.49 bits per heavy atom. The molecular formula is C35H24ClFN2O4. The van der Waals surface area contributed by atoms with Crippen molar-refractivity contribution in [2.24, 2.45) is 5.92 Å². The Hall–Kier alpha value is -5.01. The molecule has 2 unspecified atom stereocenters. The number of hydrogen-bond acceptors (Lipinski definition) is 5. The number of nitrogens with zero attached hydrogens (tertiary/aromatic N) is 2. The molecule has 0 saturated carbocycles. The molecule has 0 aliphatic heterocycles. The van der Waals surface area contributed by atoms with E-state index in [4.69, 9.17) is 16.7 Å². The SMILES string of the molecule is CC1C(=O)C(Cc2ccc(F)c(Cl)c2)C(=O)c2c1ccc1c2ccc2ccccc21.O=C(O)c1ccc2ncncc2c1. The highest BCUT2D eigenvalue weighted by atomic mass is 35.5. The first-order valence-corrected chi connectivity index (χ1v) is 14.0. The normalized spacial score (nSPS) is 16.2. The van der Waals surface area contributed by atoms with Gasteiger partial charge in [0, 0.05) is 23.1 Å². The van der Waals surface area contributed by atoms with Gasteiger partial charge in [-0.15, -0.1) is 0 Å². The minimum absolute atomic E-state index is 0.00595. The fourth-order valence-corrected chi connectivity index (χ4v) is 5.92. The predicted molar refractivity (Wildman–Crippen MR) is 164 cm³/mol. The second kappa shape index (κ2) is 11.3. The van der Waals surface area contributed by atoms with Crippen LogP contribution in [-0.2, 0) is 11.2 Å². The molecule has 6 aromatic rings. The van der Waals surface area contributed by atoms with Crippen molar-refractivity contribution in [2.45, 2.75) is 19.3 Å². The van der Waals surface area contributed by atoms with E-state index in [-0.39, 0.29) is 34.5 Å². The van der Waals surface area contributed by atoms with Crippen LogP contribution < -0.4 is 0 Å². The number of halogens is 2. The average molecular weight is 591 g/mol. The van der Waals surface area contributed by atoms with Crippen molar-refractivity contribution in [1.82, 2.24) is 9.97 Å². The number of ketones is 2. The summed E-state index contributed by atoms with van der Waals surface area (Å²) in [6.07, 6.45) is 3.24. The number of fused-ring (bicyclic) bond motifs is 6. The molecule has 43 heavy (non-hydrogen) atoms. The average Bonchev–Trinajstić information content (AvgIpc) is 3.03. The van der Waals surface area contributed by atoms with Gasteiger partial charge in [-0.2, -0.15) is 0 Å². The Labute approximate surface area is 250 Å². The third-order valence-electron chi connectivity index (χ3n) is 7.93. The highest BCUT2D eigenvalue weighted by molar-refractivity contribution is 6.30. The van der Waals surface area contributed by atoms with Crippen LogP contribution in [0.25, 0.3) is 32.4 Å². The van der Waals surface area contributed by atoms with Crippen LogP contribution in [0.3, 0.4) is 0 Å². The van der Waals surface area contributed by atoms with E-state index in [2.05, 4.69) is 9.97 Å². The molecule has 7 rings (SSSR count). The number of carboxylic acids is 1. The zero-order valence-electron chi connectivity index (χ0n) is 22.9. The smallest absolute Gasteiger partial charge is 0.335 e. The van der Waals surface area contributed by atoms with E-state index in [9.17, 15) is 18.8 Å². The zero-order valence-corrected chi connectivity index (χ0v) is 23.7. The highest BCUT2D eigenvalue weighted by Crippen LogP contribution is 2.39. The quantitative estimate of drug-likeness (QED) is 0.167. The largest absolute Gasteiger partial charge is 0.478 e. The summed E-state index contributed by atoms with van der Waals surface area (Å²) in [4.78, 5) is 45.0. The van der Waals surface area contributed by atoms with E-state index in [0.29, 0.717) is 11.1 Å². The number of benzene rings is 5. The molecule has 0 spiro atoms. The Balaban J connectivity index is 0.000000211. The van der Waals surface area contributed by atoms with E-state index in [1.54, 1.807) is 24.4 Å². The second-order valence-corrected chi connectivity index (χ2v) is 10.9. The summed E-state index contributed by atoms with van der Waals surface area (Å²) in [7, 11) is 0. The topological polar surface area (TPSA) is 97.2 Å². The van der Waals surface area contributed by atoms with E-state index >= 15 is 0 Å². The first-order valence-electron chi connectivity index (χ1n) is 13.6. The third-order valence-corrected chi connectivity index (χ3v) is 8.22. The molecule has 5 aromatic carbocycles. The minimum atomic E-state index is -0.939. The van der Waals surface area contributed by atoms with Gasteiger partial charge in [0.15, 0.2) is 11.6 Å². The lowest BCUT2D eigenvalue weighted by Gasteiger charge is -2.28. The summed E-state index contributed by atoms with van der Waals surface area (Å²) in [6, 6.07) is 25.1. The molecule has 0 fully saturated rings. The van der Waals surface area contributed by atoms with Crippen LogP contribution in [0.1, 0.15) is 44.7 Å². The third kappa shape index (κ3) is 5.24. The van der Waals surface area contributed by atoms with E-state index in [0.717, 1.165) is 38.0 Å². The molecule has 212 valence electrons. The zero-order chi connectivity index (χ0) is 30.2. The number of aromatic carboxylic acids is 1. The lowest BCUT2D eigenvalue weighted by molar-refractivity contribution is -0.122. The minimum Gasteiger partial charge on any atom is -0.478 e. The number of carbonyl (C=O) groups is 3. The molecular weight excluding hydrogens is 567 g/mol. The first kappa shape index (κ1) is 28.1. The van der Waals surface area contributed by atoms with Crippen molar-refractivity contribution in [3.63, 3.8) is 0 Å². The number of rotatable bonds is 3. The van der Waals surface area contributed by atoms with Crippen molar-refractivity contribution >= 4 is 61.6 Å². The fourth-order valence-electron chi connectivity index (χ4n) is 5.71. The highest BCUT2D eigenvalue weighted by Gasteiger charge is 2.39. The summed E-state index contributed by atoms with van der Waals surface area (Å²) in [5.74, 6) is -2.91. The van der Waals surface area contributed by atoms with Gasteiger partial charge in [-0.1, -0.05) is 73.1 Å². The van der Waals surface area contributed by atoms with Gasteiger partial charge >= 0.3 is 5.97 Å². The summed E-state index contributed by atoms with van der Waals surface area (Å²) in [6.45, 7) is 1.85. The monoisotopic (exact) mass is 590 g/mol. The predicted octanol–water partition coefficient (Wildman–Crippen LogP) is 7.84. The van der Waals surface area contributed by atoms with Gasteiger partial charge in [0.2, 0.25) is 0 Å². The van der Waals surface area contributed by atoms with Crippen LogP contribution in [0.2, 0.25) is 5.02 Å². The van der Waals surface area contributed by atoms with Crippen molar-refractivity contribution < 1.29 is 23.9 Å². The Kier molecular flexibility index (Phi) is 7.42. The van der Waals surface area contributed by atoms with Crippen molar-refractivity contribution in [3.8, 4) is 0 Å². The van der Waals surface area contributed by atoms with Crippen molar-refractivity contribution in [2.75, 3.05) is 0 Å². The van der Waals surface area contributed by atoms with Crippen LogP contribution in [0.15, 0.2) is 97.5 Å². The summed E-state index contributed by atoms with van der Waals surface area (Å²) < 4.78 is 13.5. The molecule has 8 heteroatoms. The van der Waals surface area contributed by atoms with Crippen LogP contribution in [0.5, 0.6) is 0 Å². The number of aromatic nitrogens is 2. The molecule has 0 radical (unpaired) electrons. The van der Waals surface area contributed by atoms with Gasteiger partial charge in [-0.05, 0) is 69.4 Å². The summed E-state index contributed by atoms with van der Waals surface area (Å²) in [5.41, 5.74) is 3.08. The molecule has 6 nitrogen and oxygen atoms in total. The van der Waals surface area contributed by atoms with Gasteiger partial charge in [0.25, 0.3) is 0 Å². The molecule has 1 aliphatic rings. The van der Waals surface area contributed by atoms with E-state index in [1.165, 1.54) is 24.5 Å². The molecule has 1 N–H and O–H groups in total. The first-order chi connectivity index (χ1) is 20.7.